The van der Waals surface area contributed by atoms with Crippen molar-refractivity contribution in [2.75, 3.05) is 4.90 Å². The second kappa shape index (κ2) is 4.52. The Morgan fingerprint density at radius 3 is 2.25 bits per heavy atom. The average molecular weight is 244 g/mol. The molecule has 1 atom stereocenters. The van der Waals surface area contributed by atoms with E-state index in [0.29, 0.717) is 10.7 Å². The number of hydrogen-bond acceptors (Lipinski definition) is 3. The van der Waals surface area contributed by atoms with E-state index in [-0.39, 0.29) is 11.3 Å². The van der Waals surface area contributed by atoms with E-state index in [2.05, 4.69) is 0 Å². The molecule has 1 rings (SSSR count). The number of halogens is 1. The topological polar surface area (TPSA) is 43.7 Å². The van der Waals surface area contributed by atoms with Gasteiger partial charge in [0.1, 0.15) is 12.0 Å². The second-order valence-corrected chi connectivity index (χ2v) is 5.22. The quantitative estimate of drug-likeness (QED) is 0.785. The zero-order valence-corrected chi connectivity index (χ0v) is 10.8. The maximum absolute atomic E-state index is 9.80. The van der Waals surface area contributed by atoms with E-state index in [1.54, 1.807) is 24.0 Å². The highest BCUT2D eigenvalue weighted by atomic mass is 35.5. The van der Waals surface area contributed by atoms with Crippen LogP contribution in [0, 0.1) is 0 Å². The molecule has 0 amide bonds. The van der Waals surface area contributed by atoms with Crippen LogP contribution in [0.15, 0.2) is 18.2 Å². The lowest BCUT2D eigenvalue weighted by Gasteiger charge is -2.40. The van der Waals surface area contributed by atoms with Crippen molar-refractivity contribution in [3.05, 3.63) is 23.2 Å². The van der Waals surface area contributed by atoms with Crippen molar-refractivity contribution in [1.82, 2.24) is 0 Å². The summed E-state index contributed by atoms with van der Waals surface area (Å²) in [6.45, 7) is 7.66. The highest BCUT2D eigenvalue weighted by Gasteiger charge is 2.27. The second-order valence-electron chi connectivity index (χ2n) is 4.81. The van der Waals surface area contributed by atoms with Gasteiger partial charge in [-0.1, -0.05) is 11.6 Å². The van der Waals surface area contributed by atoms with Crippen molar-refractivity contribution >= 4 is 17.3 Å². The van der Waals surface area contributed by atoms with Gasteiger partial charge in [-0.2, -0.15) is 0 Å². The van der Waals surface area contributed by atoms with Gasteiger partial charge in [0.2, 0.25) is 0 Å². The van der Waals surface area contributed by atoms with Gasteiger partial charge >= 0.3 is 0 Å². The summed E-state index contributed by atoms with van der Waals surface area (Å²) in [5, 5.41) is 19.5. The number of phenols is 1. The maximum Gasteiger partial charge on any atom is 0.124 e. The molecule has 0 spiro atoms. The molecule has 0 saturated carbocycles. The molecule has 2 N–H and O–H groups in total. The van der Waals surface area contributed by atoms with Crippen molar-refractivity contribution in [3.8, 4) is 5.75 Å². The summed E-state index contributed by atoms with van der Waals surface area (Å²) in [4.78, 5) is 1.80. The molecule has 1 aromatic carbocycles. The van der Waals surface area contributed by atoms with Gasteiger partial charge in [-0.15, -0.1) is 0 Å². The molecule has 0 aliphatic heterocycles. The first-order valence-corrected chi connectivity index (χ1v) is 5.57. The molecule has 0 aliphatic rings. The van der Waals surface area contributed by atoms with Gasteiger partial charge in [0.25, 0.3) is 0 Å². The molecular weight excluding hydrogens is 226 g/mol. The standard InChI is InChI=1S/C12H18ClNO2/c1-8(15)14(12(2,3)4)11-6-5-9(16)7-10(11)13/h5-8,15-16H,1-4H3/t8-/m1/s1. The summed E-state index contributed by atoms with van der Waals surface area (Å²) in [6, 6.07) is 4.73. The van der Waals surface area contributed by atoms with Crippen LogP contribution in [0.4, 0.5) is 5.69 Å². The van der Waals surface area contributed by atoms with E-state index in [1.807, 2.05) is 20.8 Å². The molecule has 0 bridgehead atoms. The third-order valence-corrected chi connectivity index (χ3v) is 2.59. The molecule has 0 unspecified atom stereocenters. The van der Waals surface area contributed by atoms with Gasteiger partial charge in [-0.3, -0.25) is 0 Å². The van der Waals surface area contributed by atoms with Crippen LogP contribution in [-0.4, -0.2) is 22.0 Å². The molecule has 1 aromatic rings. The lowest BCUT2D eigenvalue weighted by atomic mass is 10.0. The number of aliphatic hydroxyl groups excluding tert-OH is 1. The third-order valence-electron chi connectivity index (χ3n) is 2.29. The molecule has 16 heavy (non-hydrogen) atoms. The number of aliphatic hydroxyl groups is 1. The Kier molecular flexibility index (Phi) is 3.71. The summed E-state index contributed by atoms with van der Waals surface area (Å²) in [5.74, 6) is 0.119. The zero-order chi connectivity index (χ0) is 12.5. The summed E-state index contributed by atoms with van der Waals surface area (Å²) in [6.07, 6.45) is -0.651. The highest BCUT2D eigenvalue weighted by molar-refractivity contribution is 6.33. The summed E-state index contributed by atoms with van der Waals surface area (Å²) >= 11 is 6.06. The fourth-order valence-electron chi connectivity index (χ4n) is 1.81. The lowest BCUT2D eigenvalue weighted by molar-refractivity contribution is 0.164. The van der Waals surface area contributed by atoms with Crippen LogP contribution in [0.3, 0.4) is 0 Å². The predicted octanol–water partition coefficient (Wildman–Crippen LogP) is 2.99. The number of hydrogen-bond donors (Lipinski definition) is 2. The van der Waals surface area contributed by atoms with Crippen LogP contribution in [0.25, 0.3) is 0 Å². The zero-order valence-electron chi connectivity index (χ0n) is 10.0. The first kappa shape index (κ1) is 13.1. The van der Waals surface area contributed by atoms with E-state index in [1.165, 1.54) is 6.07 Å². The number of aromatic hydroxyl groups is 1. The Balaban J connectivity index is 3.22. The van der Waals surface area contributed by atoms with Crippen molar-refractivity contribution < 1.29 is 10.2 Å². The predicted molar refractivity (Wildman–Crippen MR) is 67.0 cm³/mol. The van der Waals surface area contributed by atoms with Gasteiger partial charge < -0.3 is 15.1 Å². The van der Waals surface area contributed by atoms with Gasteiger partial charge in [-0.25, -0.2) is 0 Å². The van der Waals surface area contributed by atoms with Crippen molar-refractivity contribution in [3.63, 3.8) is 0 Å². The van der Waals surface area contributed by atoms with Crippen LogP contribution in [0.5, 0.6) is 5.75 Å². The van der Waals surface area contributed by atoms with Crippen LogP contribution < -0.4 is 4.90 Å². The third kappa shape index (κ3) is 2.80. The van der Waals surface area contributed by atoms with E-state index in [0.717, 1.165) is 0 Å². The molecule has 90 valence electrons. The summed E-state index contributed by atoms with van der Waals surface area (Å²) in [7, 11) is 0. The summed E-state index contributed by atoms with van der Waals surface area (Å²) in [5.41, 5.74) is 0.455. The number of phenolic OH excluding ortho intramolecular Hbond substituents is 1. The fraction of sp³-hybridized carbons (Fsp3) is 0.500. The lowest BCUT2D eigenvalue weighted by Crippen LogP contribution is -2.47. The van der Waals surface area contributed by atoms with Gasteiger partial charge in [-0.05, 0) is 39.8 Å². The SMILES string of the molecule is C[C@@H](O)N(c1ccc(O)cc1Cl)C(C)(C)C. The molecule has 0 heterocycles. The number of benzene rings is 1. The van der Waals surface area contributed by atoms with Gasteiger partial charge in [0, 0.05) is 11.6 Å². The van der Waals surface area contributed by atoms with Crippen molar-refractivity contribution in [1.29, 1.82) is 0 Å². The first-order valence-electron chi connectivity index (χ1n) is 5.19. The number of anilines is 1. The van der Waals surface area contributed by atoms with Gasteiger partial charge in [0.05, 0.1) is 10.7 Å². The minimum Gasteiger partial charge on any atom is -0.508 e. The highest BCUT2D eigenvalue weighted by Crippen LogP contribution is 2.34. The Labute approximate surface area is 101 Å². The molecule has 0 saturated heterocycles. The number of rotatable bonds is 2. The first-order chi connectivity index (χ1) is 7.23. The normalized spacial score (nSPS) is 13.6. The van der Waals surface area contributed by atoms with Crippen LogP contribution in [-0.2, 0) is 0 Å². The fourth-order valence-corrected chi connectivity index (χ4v) is 2.08. The molecule has 0 aliphatic carbocycles. The van der Waals surface area contributed by atoms with E-state index in [4.69, 9.17) is 11.6 Å². The number of nitrogens with zero attached hydrogens (tertiary/aromatic N) is 1. The van der Waals surface area contributed by atoms with Crippen LogP contribution in [0.1, 0.15) is 27.7 Å². The Morgan fingerprint density at radius 1 is 1.31 bits per heavy atom. The molecule has 3 nitrogen and oxygen atoms in total. The summed E-state index contributed by atoms with van der Waals surface area (Å²) < 4.78 is 0. The Morgan fingerprint density at radius 2 is 1.88 bits per heavy atom. The van der Waals surface area contributed by atoms with Crippen LogP contribution >= 0.6 is 11.6 Å². The molecular formula is C12H18ClNO2. The monoisotopic (exact) mass is 243 g/mol. The largest absolute Gasteiger partial charge is 0.508 e. The van der Waals surface area contributed by atoms with Gasteiger partial charge in [0.15, 0.2) is 0 Å². The minimum atomic E-state index is -0.651. The Bertz CT molecular complexity index is 372. The van der Waals surface area contributed by atoms with Crippen molar-refractivity contribution in [2.24, 2.45) is 0 Å². The van der Waals surface area contributed by atoms with Crippen molar-refractivity contribution in [2.45, 2.75) is 39.5 Å². The average Bonchev–Trinajstić information content (AvgIpc) is 2.06. The van der Waals surface area contributed by atoms with Crippen LogP contribution in [0.2, 0.25) is 5.02 Å². The minimum absolute atomic E-state index is 0.119. The smallest absolute Gasteiger partial charge is 0.124 e. The molecule has 0 aromatic heterocycles. The molecule has 0 radical (unpaired) electrons. The van der Waals surface area contributed by atoms with E-state index >= 15 is 0 Å². The molecule has 0 fully saturated rings. The van der Waals surface area contributed by atoms with E-state index in [9.17, 15) is 10.2 Å². The van der Waals surface area contributed by atoms with E-state index < -0.39 is 6.23 Å². The Hall–Kier alpha value is -0.930. The molecule has 4 heteroatoms. The maximum atomic E-state index is 9.80.